The van der Waals surface area contributed by atoms with Gasteiger partial charge in [-0.1, -0.05) is 25.7 Å². The van der Waals surface area contributed by atoms with Crippen LogP contribution in [0.4, 0.5) is 5.82 Å². The number of hydrogen-bond donors (Lipinski definition) is 1. The molecule has 0 radical (unpaired) electrons. The number of nitrogen functional groups attached to an aromatic ring is 1. The Morgan fingerprint density at radius 2 is 2.21 bits per heavy atom. The minimum atomic E-state index is 0.770. The van der Waals surface area contributed by atoms with Crippen molar-refractivity contribution in [3.8, 4) is 0 Å². The van der Waals surface area contributed by atoms with Gasteiger partial charge in [-0.15, -0.1) is 0 Å². The normalized spacial score (nSPS) is 17.8. The summed E-state index contributed by atoms with van der Waals surface area (Å²) in [5.41, 5.74) is 6.87. The predicted molar refractivity (Wildman–Crippen MR) is 57.9 cm³/mol. The molecule has 0 unspecified atom stereocenters. The third-order valence-corrected chi connectivity index (χ3v) is 3.25. The number of aryl methyl sites for hydroxylation is 2. The van der Waals surface area contributed by atoms with Gasteiger partial charge < -0.3 is 5.73 Å². The van der Waals surface area contributed by atoms with Gasteiger partial charge in [0.25, 0.3) is 0 Å². The molecule has 0 aromatic carbocycles. The summed E-state index contributed by atoms with van der Waals surface area (Å²) in [6.07, 6.45) is 8.07. The van der Waals surface area contributed by atoms with Crippen LogP contribution in [0.3, 0.4) is 0 Å². The first-order valence-corrected chi connectivity index (χ1v) is 5.54. The first kappa shape index (κ1) is 9.56. The van der Waals surface area contributed by atoms with Crippen molar-refractivity contribution in [2.75, 3.05) is 5.73 Å². The van der Waals surface area contributed by atoms with Gasteiger partial charge in [0.2, 0.25) is 0 Å². The van der Waals surface area contributed by atoms with Crippen molar-refractivity contribution in [2.24, 2.45) is 13.0 Å². The van der Waals surface area contributed by atoms with Gasteiger partial charge in [-0.2, -0.15) is 5.10 Å². The molecule has 78 valence electrons. The van der Waals surface area contributed by atoms with Crippen molar-refractivity contribution in [1.82, 2.24) is 9.78 Å². The molecule has 2 N–H and O–H groups in total. The van der Waals surface area contributed by atoms with Gasteiger partial charge in [-0.05, 0) is 18.8 Å². The van der Waals surface area contributed by atoms with Crippen LogP contribution in [0.15, 0.2) is 6.07 Å². The van der Waals surface area contributed by atoms with Crippen molar-refractivity contribution in [3.63, 3.8) is 0 Å². The van der Waals surface area contributed by atoms with E-state index in [0.29, 0.717) is 0 Å². The van der Waals surface area contributed by atoms with Crippen LogP contribution in [-0.4, -0.2) is 9.78 Å². The van der Waals surface area contributed by atoms with E-state index in [1.165, 1.54) is 32.1 Å². The molecule has 1 aliphatic carbocycles. The number of nitrogens with two attached hydrogens (primary N) is 1. The van der Waals surface area contributed by atoms with Crippen LogP contribution < -0.4 is 5.73 Å². The van der Waals surface area contributed by atoms with Crippen LogP contribution in [0.25, 0.3) is 0 Å². The van der Waals surface area contributed by atoms with Crippen LogP contribution in [-0.2, 0) is 13.5 Å². The Balaban J connectivity index is 1.85. The number of rotatable bonds is 3. The summed E-state index contributed by atoms with van der Waals surface area (Å²) in [4.78, 5) is 0. The molecule has 2 rings (SSSR count). The Hall–Kier alpha value is -0.990. The maximum Gasteiger partial charge on any atom is 0.121 e. The smallest absolute Gasteiger partial charge is 0.121 e. The Morgan fingerprint density at radius 1 is 1.50 bits per heavy atom. The number of anilines is 1. The average molecular weight is 193 g/mol. The molecular formula is C11H19N3. The lowest BCUT2D eigenvalue weighted by Gasteiger charge is -2.05. The molecule has 1 aromatic rings. The molecule has 1 heterocycles. The van der Waals surface area contributed by atoms with Crippen LogP contribution in [0.1, 0.15) is 37.8 Å². The number of aromatic nitrogens is 2. The van der Waals surface area contributed by atoms with Crippen molar-refractivity contribution < 1.29 is 0 Å². The highest BCUT2D eigenvalue weighted by Crippen LogP contribution is 2.28. The summed E-state index contributed by atoms with van der Waals surface area (Å²) in [5, 5.41) is 4.36. The highest BCUT2D eigenvalue weighted by atomic mass is 15.3. The number of hydrogen-bond acceptors (Lipinski definition) is 2. The first-order valence-electron chi connectivity index (χ1n) is 5.54. The molecule has 0 saturated heterocycles. The highest BCUT2D eigenvalue weighted by Gasteiger charge is 2.15. The van der Waals surface area contributed by atoms with Gasteiger partial charge in [-0.25, -0.2) is 0 Å². The summed E-state index contributed by atoms with van der Waals surface area (Å²) >= 11 is 0. The summed E-state index contributed by atoms with van der Waals surface area (Å²) in [6, 6.07) is 1.99. The SMILES string of the molecule is Cn1nc(CCC2CCCC2)cc1N. The molecule has 1 saturated carbocycles. The van der Waals surface area contributed by atoms with E-state index in [0.717, 1.165) is 23.9 Å². The molecular weight excluding hydrogens is 174 g/mol. The lowest BCUT2D eigenvalue weighted by atomic mass is 10.0. The van der Waals surface area contributed by atoms with Gasteiger partial charge >= 0.3 is 0 Å². The molecule has 0 atom stereocenters. The zero-order chi connectivity index (χ0) is 9.97. The van der Waals surface area contributed by atoms with Gasteiger partial charge in [0.05, 0.1) is 5.69 Å². The fourth-order valence-electron chi connectivity index (χ4n) is 2.32. The van der Waals surface area contributed by atoms with Crippen LogP contribution in [0, 0.1) is 5.92 Å². The van der Waals surface area contributed by atoms with Crippen molar-refractivity contribution >= 4 is 5.82 Å². The fourth-order valence-corrected chi connectivity index (χ4v) is 2.32. The molecule has 1 fully saturated rings. The maximum absolute atomic E-state index is 5.72. The van der Waals surface area contributed by atoms with E-state index in [4.69, 9.17) is 5.73 Å². The zero-order valence-corrected chi connectivity index (χ0v) is 8.87. The lowest BCUT2D eigenvalue weighted by Crippen LogP contribution is -1.99. The summed E-state index contributed by atoms with van der Waals surface area (Å²) in [7, 11) is 1.90. The Bertz CT molecular complexity index is 278. The summed E-state index contributed by atoms with van der Waals surface area (Å²) in [6.45, 7) is 0. The fraction of sp³-hybridized carbons (Fsp3) is 0.727. The largest absolute Gasteiger partial charge is 0.384 e. The molecule has 0 spiro atoms. The van der Waals surface area contributed by atoms with Crippen LogP contribution >= 0.6 is 0 Å². The minimum absolute atomic E-state index is 0.770. The average Bonchev–Trinajstić information content (AvgIpc) is 2.74. The second-order valence-electron chi connectivity index (χ2n) is 4.37. The highest BCUT2D eigenvalue weighted by molar-refractivity contribution is 5.30. The van der Waals surface area contributed by atoms with E-state index in [1.54, 1.807) is 4.68 Å². The standard InChI is InChI=1S/C11H19N3/c1-14-11(12)8-10(13-14)7-6-9-4-2-3-5-9/h8-9H,2-7,12H2,1H3. The molecule has 0 amide bonds. The maximum atomic E-state index is 5.72. The van der Waals surface area contributed by atoms with E-state index >= 15 is 0 Å². The van der Waals surface area contributed by atoms with Crippen molar-refractivity contribution in [3.05, 3.63) is 11.8 Å². The molecule has 0 bridgehead atoms. The van der Waals surface area contributed by atoms with Gasteiger partial charge in [0, 0.05) is 13.1 Å². The zero-order valence-electron chi connectivity index (χ0n) is 8.87. The van der Waals surface area contributed by atoms with E-state index in [9.17, 15) is 0 Å². The second kappa shape index (κ2) is 4.03. The summed E-state index contributed by atoms with van der Waals surface area (Å²) < 4.78 is 1.75. The van der Waals surface area contributed by atoms with E-state index < -0.39 is 0 Å². The third kappa shape index (κ3) is 2.08. The van der Waals surface area contributed by atoms with Crippen molar-refractivity contribution in [2.45, 2.75) is 38.5 Å². The quantitative estimate of drug-likeness (QED) is 0.799. The second-order valence-corrected chi connectivity index (χ2v) is 4.37. The van der Waals surface area contributed by atoms with Crippen LogP contribution in [0.2, 0.25) is 0 Å². The molecule has 1 aromatic heterocycles. The molecule has 14 heavy (non-hydrogen) atoms. The summed E-state index contributed by atoms with van der Waals surface area (Å²) in [5.74, 6) is 1.71. The monoisotopic (exact) mass is 193 g/mol. The van der Waals surface area contributed by atoms with Gasteiger partial charge in [0.1, 0.15) is 5.82 Å². The predicted octanol–water partition coefficient (Wildman–Crippen LogP) is 2.13. The number of nitrogens with zero attached hydrogens (tertiary/aromatic N) is 2. The molecule has 3 heteroatoms. The Kier molecular flexibility index (Phi) is 2.75. The van der Waals surface area contributed by atoms with Gasteiger partial charge in [-0.3, -0.25) is 4.68 Å². The Morgan fingerprint density at radius 3 is 2.79 bits per heavy atom. The first-order chi connectivity index (χ1) is 6.75. The minimum Gasteiger partial charge on any atom is -0.384 e. The molecule has 1 aliphatic rings. The van der Waals surface area contributed by atoms with E-state index in [1.807, 2.05) is 13.1 Å². The molecule has 0 aliphatic heterocycles. The Labute approximate surface area is 85.3 Å². The van der Waals surface area contributed by atoms with Gasteiger partial charge in [0.15, 0.2) is 0 Å². The van der Waals surface area contributed by atoms with E-state index in [2.05, 4.69) is 5.10 Å². The topological polar surface area (TPSA) is 43.8 Å². The van der Waals surface area contributed by atoms with E-state index in [-0.39, 0.29) is 0 Å². The van der Waals surface area contributed by atoms with Crippen LogP contribution in [0.5, 0.6) is 0 Å². The third-order valence-electron chi connectivity index (χ3n) is 3.25. The van der Waals surface area contributed by atoms with Crippen molar-refractivity contribution in [1.29, 1.82) is 0 Å². The lowest BCUT2D eigenvalue weighted by molar-refractivity contribution is 0.499. The molecule has 3 nitrogen and oxygen atoms in total.